The van der Waals surface area contributed by atoms with E-state index in [1.54, 1.807) is 0 Å². The number of methoxy groups -OCH3 is 1. The molecule has 1 unspecified atom stereocenters. The molecule has 0 saturated heterocycles. The fourth-order valence-corrected chi connectivity index (χ4v) is 1.95. The van der Waals surface area contributed by atoms with Gasteiger partial charge in [-0.25, -0.2) is 13.6 Å². The molecule has 4 nitrogen and oxygen atoms in total. The van der Waals surface area contributed by atoms with Crippen molar-refractivity contribution in [3.8, 4) is 0 Å². The molecule has 0 bridgehead atoms. The van der Waals surface area contributed by atoms with Gasteiger partial charge in [-0.15, -0.1) is 0 Å². The molecular formula is C16H20F2O4. The Balaban J connectivity index is 2.60. The molecule has 22 heavy (non-hydrogen) atoms. The summed E-state index contributed by atoms with van der Waals surface area (Å²) in [7, 11) is 1.21. The van der Waals surface area contributed by atoms with Crippen molar-refractivity contribution in [3.05, 3.63) is 35.4 Å². The number of halogens is 2. The predicted molar refractivity (Wildman–Crippen MR) is 76.0 cm³/mol. The van der Waals surface area contributed by atoms with Crippen LogP contribution in [0.3, 0.4) is 0 Å². The van der Waals surface area contributed by atoms with Gasteiger partial charge in [0.15, 0.2) is 17.7 Å². The van der Waals surface area contributed by atoms with Gasteiger partial charge in [0.25, 0.3) is 0 Å². The van der Waals surface area contributed by atoms with E-state index in [9.17, 15) is 18.4 Å². The maximum absolute atomic E-state index is 13.5. The predicted octanol–water partition coefficient (Wildman–Crippen LogP) is 3.03. The van der Waals surface area contributed by atoms with Crippen molar-refractivity contribution in [2.45, 2.75) is 39.2 Å². The van der Waals surface area contributed by atoms with Crippen molar-refractivity contribution in [3.63, 3.8) is 0 Å². The van der Waals surface area contributed by atoms with E-state index in [1.807, 2.05) is 13.8 Å². The molecule has 0 amide bonds. The average molecular weight is 314 g/mol. The molecule has 0 spiro atoms. The first kappa shape index (κ1) is 18.1. The second-order valence-electron chi connectivity index (χ2n) is 5.34. The van der Waals surface area contributed by atoms with E-state index in [0.29, 0.717) is 6.42 Å². The molecule has 0 radical (unpaired) electrons. The van der Waals surface area contributed by atoms with Gasteiger partial charge in [0.05, 0.1) is 7.11 Å². The lowest BCUT2D eigenvalue weighted by atomic mass is 10.1. The van der Waals surface area contributed by atoms with Gasteiger partial charge in [-0.05, 0) is 30.4 Å². The SMILES string of the molecule is COC(=O)C(CC(C)C)OC(=O)CCc1cccc(F)c1F. The molecule has 1 aromatic rings. The number of ether oxygens (including phenoxy) is 2. The number of carbonyl (C=O) groups excluding carboxylic acids is 2. The van der Waals surface area contributed by atoms with Crippen LogP contribution in [0.4, 0.5) is 8.78 Å². The second kappa shape index (κ2) is 8.46. The van der Waals surface area contributed by atoms with Crippen LogP contribution in [0.2, 0.25) is 0 Å². The maximum Gasteiger partial charge on any atom is 0.347 e. The van der Waals surface area contributed by atoms with Crippen molar-refractivity contribution in [1.29, 1.82) is 0 Å². The first-order valence-electron chi connectivity index (χ1n) is 7.05. The zero-order valence-corrected chi connectivity index (χ0v) is 12.9. The van der Waals surface area contributed by atoms with Gasteiger partial charge in [0, 0.05) is 6.42 Å². The standard InChI is InChI=1S/C16H20F2O4/c1-10(2)9-13(16(20)21-3)22-14(19)8-7-11-5-4-6-12(17)15(11)18/h4-6,10,13H,7-9H2,1-3H3. The van der Waals surface area contributed by atoms with Crippen LogP contribution in [0, 0.1) is 17.6 Å². The molecule has 0 aromatic heterocycles. The smallest absolute Gasteiger partial charge is 0.347 e. The van der Waals surface area contributed by atoms with Crippen LogP contribution < -0.4 is 0 Å². The fourth-order valence-electron chi connectivity index (χ4n) is 1.95. The summed E-state index contributed by atoms with van der Waals surface area (Å²) in [5, 5.41) is 0. The third kappa shape index (κ3) is 5.42. The van der Waals surface area contributed by atoms with Crippen molar-refractivity contribution >= 4 is 11.9 Å². The molecule has 1 atom stereocenters. The van der Waals surface area contributed by atoms with Crippen LogP contribution in [0.5, 0.6) is 0 Å². The zero-order valence-electron chi connectivity index (χ0n) is 12.9. The van der Waals surface area contributed by atoms with Crippen molar-refractivity contribution in [1.82, 2.24) is 0 Å². The molecule has 1 aromatic carbocycles. The highest BCUT2D eigenvalue weighted by atomic mass is 19.2. The van der Waals surface area contributed by atoms with E-state index < -0.39 is 29.7 Å². The maximum atomic E-state index is 13.5. The summed E-state index contributed by atoms with van der Waals surface area (Å²) < 4.78 is 36.2. The average Bonchev–Trinajstić information content (AvgIpc) is 2.46. The summed E-state index contributed by atoms with van der Waals surface area (Å²) in [4.78, 5) is 23.3. The van der Waals surface area contributed by atoms with Crippen LogP contribution >= 0.6 is 0 Å². The van der Waals surface area contributed by atoms with Crippen LogP contribution in [-0.2, 0) is 25.5 Å². The topological polar surface area (TPSA) is 52.6 Å². The minimum Gasteiger partial charge on any atom is -0.466 e. The summed E-state index contributed by atoms with van der Waals surface area (Å²) in [6, 6.07) is 3.78. The number of hydrogen-bond donors (Lipinski definition) is 0. The molecule has 0 heterocycles. The first-order chi connectivity index (χ1) is 10.3. The fraction of sp³-hybridized carbons (Fsp3) is 0.500. The Kier molecular flexibility index (Phi) is 6.95. The lowest BCUT2D eigenvalue weighted by Gasteiger charge is -2.17. The van der Waals surface area contributed by atoms with Crippen molar-refractivity contribution < 1.29 is 27.8 Å². The van der Waals surface area contributed by atoms with E-state index in [1.165, 1.54) is 19.2 Å². The number of esters is 2. The number of benzene rings is 1. The Morgan fingerprint density at radius 1 is 1.23 bits per heavy atom. The van der Waals surface area contributed by atoms with E-state index >= 15 is 0 Å². The van der Waals surface area contributed by atoms with Crippen LogP contribution in [0.1, 0.15) is 32.3 Å². The van der Waals surface area contributed by atoms with Crippen LogP contribution in [0.25, 0.3) is 0 Å². The van der Waals surface area contributed by atoms with Gasteiger partial charge in [0.1, 0.15) is 0 Å². The van der Waals surface area contributed by atoms with Gasteiger partial charge < -0.3 is 9.47 Å². The molecule has 0 aliphatic rings. The van der Waals surface area contributed by atoms with Gasteiger partial charge in [-0.3, -0.25) is 4.79 Å². The monoisotopic (exact) mass is 314 g/mol. The Hall–Kier alpha value is -1.98. The third-order valence-electron chi connectivity index (χ3n) is 3.05. The summed E-state index contributed by atoms with van der Waals surface area (Å²) in [5.74, 6) is -3.07. The van der Waals surface area contributed by atoms with Gasteiger partial charge in [-0.1, -0.05) is 26.0 Å². The molecule has 0 aliphatic carbocycles. The number of aryl methyl sites for hydroxylation is 1. The summed E-state index contributed by atoms with van der Waals surface area (Å²) >= 11 is 0. The minimum atomic E-state index is -0.977. The Morgan fingerprint density at radius 2 is 1.91 bits per heavy atom. The second-order valence-corrected chi connectivity index (χ2v) is 5.34. The highest BCUT2D eigenvalue weighted by molar-refractivity contribution is 5.79. The third-order valence-corrected chi connectivity index (χ3v) is 3.05. The minimum absolute atomic E-state index is 0.00199. The normalized spacial score (nSPS) is 12.1. The van der Waals surface area contributed by atoms with E-state index in [2.05, 4.69) is 4.74 Å². The van der Waals surface area contributed by atoms with E-state index in [-0.39, 0.29) is 24.3 Å². The van der Waals surface area contributed by atoms with E-state index in [4.69, 9.17) is 4.74 Å². The molecule has 0 N–H and O–H groups in total. The van der Waals surface area contributed by atoms with E-state index in [0.717, 1.165) is 6.07 Å². The largest absolute Gasteiger partial charge is 0.466 e. The molecular weight excluding hydrogens is 294 g/mol. The Morgan fingerprint density at radius 3 is 2.50 bits per heavy atom. The summed E-state index contributed by atoms with van der Waals surface area (Å²) in [6.45, 7) is 3.76. The lowest BCUT2D eigenvalue weighted by molar-refractivity contribution is -0.167. The quantitative estimate of drug-likeness (QED) is 0.726. The highest BCUT2D eigenvalue weighted by Gasteiger charge is 2.24. The summed E-state index contributed by atoms with van der Waals surface area (Å²) in [6.07, 6.45) is -0.786. The number of rotatable bonds is 7. The molecule has 0 aliphatic heterocycles. The molecule has 122 valence electrons. The van der Waals surface area contributed by atoms with Crippen molar-refractivity contribution in [2.24, 2.45) is 5.92 Å². The number of hydrogen-bond acceptors (Lipinski definition) is 4. The van der Waals surface area contributed by atoms with Gasteiger partial charge in [0.2, 0.25) is 0 Å². The molecule has 6 heteroatoms. The number of carbonyl (C=O) groups is 2. The molecule has 1 rings (SSSR count). The first-order valence-corrected chi connectivity index (χ1v) is 7.05. The zero-order chi connectivity index (χ0) is 16.7. The lowest BCUT2D eigenvalue weighted by Crippen LogP contribution is -2.30. The van der Waals surface area contributed by atoms with Gasteiger partial charge >= 0.3 is 11.9 Å². The van der Waals surface area contributed by atoms with Crippen LogP contribution in [-0.4, -0.2) is 25.2 Å². The molecule has 0 fully saturated rings. The Bertz CT molecular complexity index is 529. The van der Waals surface area contributed by atoms with Crippen molar-refractivity contribution in [2.75, 3.05) is 7.11 Å². The van der Waals surface area contributed by atoms with Gasteiger partial charge in [-0.2, -0.15) is 0 Å². The molecule has 0 saturated carbocycles. The highest BCUT2D eigenvalue weighted by Crippen LogP contribution is 2.15. The Labute approximate surface area is 128 Å². The summed E-state index contributed by atoms with van der Waals surface area (Å²) in [5.41, 5.74) is 0.0930. The van der Waals surface area contributed by atoms with Crippen LogP contribution in [0.15, 0.2) is 18.2 Å².